The van der Waals surface area contributed by atoms with Gasteiger partial charge in [0.2, 0.25) is 0 Å². The van der Waals surface area contributed by atoms with E-state index in [2.05, 4.69) is 47.1 Å². The molecule has 0 bridgehead atoms. The summed E-state index contributed by atoms with van der Waals surface area (Å²) in [5.74, 6) is 0.324. The highest BCUT2D eigenvalue weighted by atomic mass is 79.9. The van der Waals surface area contributed by atoms with Crippen LogP contribution in [0.4, 0.5) is 4.39 Å². The molecule has 1 nitrogen and oxygen atoms in total. The van der Waals surface area contributed by atoms with E-state index in [-0.39, 0.29) is 5.82 Å². The van der Waals surface area contributed by atoms with Crippen LogP contribution in [0.3, 0.4) is 0 Å². The van der Waals surface area contributed by atoms with Crippen molar-refractivity contribution >= 4 is 15.9 Å². The monoisotopic (exact) mass is 336 g/mol. The van der Waals surface area contributed by atoms with E-state index in [1.807, 2.05) is 6.07 Å². The minimum atomic E-state index is -0.303. The Kier molecular flexibility index (Phi) is 5.18. The van der Waals surface area contributed by atoms with E-state index < -0.39 is 0 Å². The van der Waals surface area contributed by atoms with Gasteiger partial charge in [0.15, 0.2) is 11.6 Å². The van der Waals surface area contributed by atoms with Gasteiger partial charge in [-0.2, -0.15) is 0 Å². The minimum Gasteiger partial charge on any atom is -0.494 e. The van der Waals surface area contributed by atoms with Gasteiger partial charge in [-0.25, -0.2) is 4.39 Å². The second-order valence-corrected chi connectivity index (χ2v) is 5.58. The predicted octanol–water partition coefficient (Wildman–Crippen LogP) is 4.86. The lowest BCUT2D eigenvalue weighted by atomic mass is 9.93. The molecule has 0 amide bonds. The maximum Gasteiger partial charge on any atom is 0.165 e. The Labute approximate surface area is 127 Å². The van der Waals surface area contributed by atoms with Gasteiger partial charge in [0.1, 0.15) is 0 Å². The third kappa shape index (κ3) is 3.60. The van der Waals surface area contributed by atoms with Crippen molar-refractivity contribution in [3.63, 3.8) is 0 Å². The largest absolute Gasteiger partial charge is 0.494 e. The summed E-state index contributed by atoms with van der Waals surface area (Å²) in [6.07, 6.45) is 0.801. The van der Waals surface area contributed by atoms with E-state index in [1.54, 1.807) is 12.1 Å². The molecule has 20 heavy (non-hydrogen) atoms. The van der Waals surface area contributed by atoms with Crippen LogP contribution in [0.25, 0.3) is 0 Å². The molecule has 2 rings (SSSR count). The molecule has 1 unspecified atom stereocenters. The summed E-state index contributed by atoms with van der Waals surface area (Å²) in [7, 11) is 1.48. The van der Waals surface area contributed by atoms with Crippen LogP contribution in [0.5, 0.6) is 5.75 Å². The predicted molar refractivity (Wildman–Crippen MR) is 84.4 cm³/mol. The van der Waals surface area contributed by atoms with Crippen molar-refractivity contribution in [2.75, 3.05) is 12.4 Å². The molecule has 0 saturated heterocycles. The van der Waals surface area contributed by atoms with Crippen molar-refractivity contribution in [2.45, 2.75) is 19.3 Å². The van der Waals surface area contributed by atoms with Crippen molar-refractivity contribution in [3.8, 4) is 5.75 Å². The number of halogens is 2. The summed E-state index contributed by atoms with van der Waals surface area (Å²) >= 11 is 3.56. The minimum absolute atomic E-state index is 0.291. The molecule has 106 valence electrons. The first-order valence-corrected chi connectivity index (χ1v) is 7.71. The van der Waals surface area contributed by atoms with Crippen molar-refractivity contribution in [2.24, 2.45) is 0 Å². The molecule has 0 radical (unpaired) electrons. The van der Waals surface area contributed by atoms with E-state index >= 15 is 0 Å². The Morgan fingerprint density at radius 3 is 2.40 bits per heavy atom. The van der Waals surface area contributed by atoms with Crippen molar-refractivity contribution in [3.05, 3.63) is 65.0 Å². The molecule has 2 aromatic carbocycles. The molecular formula is C17H18BrFO. The Hall–Kier alpha value is -1.35. The maximum absolute atomic E-state index is 13.7. The Morgan fingerprint density at radius 2 is 1.85 bits per heavy atom. The highest BCUT2D eigenvalue weighted by Crippen LogP contribution is 2.26. The lowest BCUT2D eigenvalue weighted by molar-refractivity contribution is 0.386. The number of ether oxygens (including phenoxy) is 1. The van der Waals surface area contributed by atoms with Crippen LogP contribution in [0, 0.1) is 12.7 Å². The topological polar surface area (TPSA) is 9.23 Å². The Morgan fingerprint density at radius 1 is 1.15 bits per heavy atom. The average molecular weight is 337 g/mol. The zero-order valence-electron chi connectivity index (χ0n) is 11.7. The first-order valence-electron chi connectivity index (χ1n) is 6.59. The summed E-state index contributed by atoms with van der Waals surface area (Å²) in [6, 6.07) is 13.7. The van der Waals surface area contributed by atoms with Gasteiger partial charge in [0, 0.05) is 5.33 Å². The number of rotatable bonds is 5. The lowest BCUT2D eigenvalue weighted by Crippen LogP contribution is -2.05. The quantitative estimate of drug-likeness (QED) is 0.708. The van der Waals surface area contributed by atoms with Crippen LogP contribution >= 0.6 is 15.9 Å². The van der Waals surface area contributed by atoms with Crippen molar-refractivity contribution < 1.29 is 9.13 Å². The Balaban J connectivity index is 2.17. The Bertz CT molecular complexity index is 566. The highest BCUT2D eigenvalue weighted by Gasteiger charge is 2.12. The van der Waals surface area contributed by atoms with Gasteiger partial charge in [-0.3, -0.25) is 0 Å². The first-order chi connectivity index (χ1) is 9.63. The number of alkyl halides is 1. The second-order valence-electron chi connectivity index (χ2n) is 4.93. The average Bonchev–Trinajstić information content (AvgIpc) is 2.46. The number of methoxy groups -OCH3 is 1. The summed E-state index contributed by atoms with van der Waals surface area (Å²) in [5.41, 5.74) is 3.49. The molecule has 2 aromatic rings. The second kappa shape index (κ2) is 6.89. The van der Waals surface area contributed by atoms with Gasteiger partial charge < -0.3 is 4.74 Å². The summed E-state index contributed by atoms with van der Waals surface area (Å²) in [5, 5.41) is 0.851. The number of benzene rings is 2. The molecule has 0 saturated carbocycles. The van der Waals surface area contributed by atoms with Crippen LogP contribution < -0.4 is 4.74 Å². The fourth-order valence-corrected chi connectivity index (χ4v) is 2.82. The molecule has 0 fully saturated rings. The molecule has 1 atom stereocenters. The third-order valence-electron chi connectivity index (χ3n) is 3.43. The number of hydrogen-bond acceptors (Lipinski definition) is 1. The zero-order chi connectivity index (χ0) is 14.5. The molecular weight excluding hydrogens is 319 g/mol. The number of hydrogen-bond donors (Lipinski definition) is 0. The molecule has 0 aliphatic rings. The standard InChI is InChI=1S/C17H18BrFO/c1-12-3-6-14(7-4-12)15(11-18)9-13-5-8-17(20-2)16(19)10-13/h3-8,10,15H,9,11H2,1-2H3. The van der Waals surface area contributed by atoms with Gasteiger partial charge in [-0.15, -0.1) is 0 Å². The van der Waals surface area contributed by atoms with E-state index in [1.165, 1.54) is 18.2 Å². The molecule has 3 heteroatoms. The summed E-state index contributed by atoms with van der Waals surface area (Å²) < 4.78 is 18.7. The summed E-state index contributed by atoms with van der Waals surface area (Å²) in [6.45, 7) is 2.08. The van der Waals surface area contributed by atoms with Gasteiger partial charge in [0.05, 0.1) is 7.11 Å². The van der Waals surface area contributed by atoms with E-state index in [0.29, 0.717) is 11.7 Å². The SMILES string of the molecule is COc1ccc(CC(CBr)c2ccc(C)cc2)cc1F. The van der Waals surface area contributed by atoms with Gasteiger partial charge in [-0.05, 0) is 42.5 Å². The molecule has 0 aliphatic carbocycles. The zero-order valence-corrected chi connectivity index (χ0v) is 13.3. The van der Waals surface area contributed by atoms with E-state index in [0.717, 1.165) is 17.3 Å². The lowest BCUT2D eigenvalue weighted by Gasteiger charge is -2.15. The number of aryl methyl sites for hydroxylation is 1. The smallest absolute Gasteiger partial charge is 0.165 e. The maximum atomic E-state index is 13.7. The van der Waals surface area contributed by atoms with Crippen LogP contribution in [0.1, 0.15) is 22.6 Å². The normalized spacial score (nSPS) is 12.2. The van der Waals surface area contributed by atoms with Crippen LogP contribution in [-0.4, -0.2) is 12.4 Å². The molecule has 0 N–H and O–H groups in total. The first kappa shape index (κ1) is 15.0. The summed E-state index contributed by atoms with van der Waals surface area (Å²) in [4.78, 5) is 0. The highest BCUT2D eigenvalue weighted by molar-refractivity contribution is 9.09. The molecule has 0 heterocycles. The molecule has 0 spiro atoms. The van der Waals surface area contributed by atoms with Gasteiger partial charge in [0.25, 0.3) is 0 Å². The van der Waals surface area contributed by atoms with Crippen molar-refractivity contribution in [1.29, 1.82) is 0 Å². The van der Waals surface area contributed by atoms with Crippen LogP contribution in [-0.2, 0) is 6.42 Å². The van der Waals surface area contributed by atoms with Crippen LogP contribution in [0.2, 0.25) is 0 Å². The molecule has 0 aromatic heterocycles. The fraction of sp³-hybridized carbons (Fsp3) is 0.294. The third-order valence-corrected chi connectivity index (χ3v) is 4.21. The van der Waals surface area contributed by atoms with E-state index in [4.69, 9.17) is 4.74 Å². The van der Waals surface area contributed by atoms with Crippen LogP contribution in [0.15, 0.2) is 42.5 Å². The molecule has 0 aliphatic heterocycles. The van der Waals surface area contributed by atoms with Gasteiger partial charge >= 0.3 is 0 Å². The fourth-order valence-electron chi connectivity index (χ4n) is 2.22. The van der Waals surface area contributed by atoms with Crippen molar-refractivity contribution in [1.82, 2.24) is 0 Å². The van der Waals surface area contributed by atoms with Gasteiger partial charge in [-0.1, -0.05) is 51.8 Å². The van der Waals surface area contributed by atoms with E-state index in [9.17, 15) is 4.39 Å².